The van der Waals surface area contributed by atoms with Gasteiger partial charge in [-0.3, -0.25) is 0 Å². The minimum Gasteiger partial charge on any atom is -0.469 e. The Morgan fingerprint density at radius 3 is 2.74 bits per heavy atom. The van der Waals surface area contributed by atoms with Crippen LogP contribution in [0.5, 0.6) is 5.88 Å². The van der Waals surface area contributed by atoms with Crippen molar-refractivity contribution >= 4 is 0 Å². The predicted octanol–water partition coefficient (Wildman–Crippen LogP) is 2.03. The first-order valence-corrected chi connectivity index (χ1v) is 7.17. The van der Waals surface area contributed by atoms with E-state index in [-0.39, 0.29) is 11.6 Å². The number of nitrogens with zero attached hydrogens (tertiary/aromatic N) is 2. The first kappa shape index (κ1) is 12.9. The Morgan fingerprint density at radius 2 is 2.11 bits per heavy atom. The molecule has 1 aromatic rings. The molecule has 1 atom stereocenters. The third kappa shape index (κ3) is 2.03. The molecule has 4 nitrogen and oxygen atoms in total. The summed E-state index contributed by atoms with van der Waals surface area (Å²) in [5.41, 5.74) is 8.46. The zero-order valence-corrected chi connectivity index (χ0v) is 12.0. The van der Waals surface area contributed by atoms with Crippen molar-refractivity contribution in [2.24, 2.45) is 5.73 Å². The molecule has 1 spiro atoms. The molecule has 19 heavy (non-hydrogen) atoms. The lowest BCUT2D eigenvalue weighted by atomic mass is 9.83. The Balaban J connectivity index is 1.82. The van der Waals surface area contributed by atoms with E-state index in [1.807, 2.05) is 13.1 Å². The fourth-order valence-electron chi connectivity index (χ4n) is 3.26. The van der Waals surface area contributed by atoms with Crippen LogP contribution < -0.4 is 10.5 Å². The molecule has 1 fully saturated rings. The molecule has 0 aliphatic carbocycles. The standard InChI is InChI=1S/C15H23N3O/c1-10(2)18-6-4-15(5-7-18)13(16)12-8-11(3)9-17-14(12)19-15/h8-10,13H,4-7,16H2,1-3H3/t13-/m1/s1. The van der Waals surface area contributed by atoms with Crippen LogP contribution in [0.1, 0.15) is 43.9 Å². The van der Waals surface area contributed by atoms with Gasteiger partial charge in [0.2, 0.25) is 5.88 Å². The molecule has 2 aliphatic rings. The number of hydrogen-bond donors (Lipinski definition) is 1. The number of hydrogen-bond acceptors (Lipinski definition) is 4. The normalized spacial score (nSPS) is 25.6. The van der Waals surface area contributed by atoms with E-state index >= 15 is 0 Å². The van der Waals surface area contributed by atoms with Crippen LogP contribution in [-0.2, 0) is 0 Å². The molecule has 0 radical (unpaired) electrons. The summed E-state index contributed by atoms with van der Waals surface area (Å²) in [5.74, 6) is 0.746. The van der Waals surface area contributed by atoms with Crippen molar-refractivity contribution in [3.8, 4) is 5.88 Å². The number of ether oxygens (including phenoxy) is 1. The Hall–Kier alpha value is -1.13. The molecule has 104 valence electrons. The minimum atomic E-state index is -0.228. The Labute approximate surface area is 115 Å². The zero-order valence-electron chi connectivity index (χ0n) is 12.0. The molecule has 0 aromatic carbocycles. The number of fused-ring (bicyclic) bond motifs is 1. The summed E-state index contributed by atoms with van der Waals surface area (Å²) in [7, 11) is 0. The first-order valence-electron chi connectivity index (χ1n) is 7.17. The second-order valence-electron chi connectivity index (χ2n) is 6.18. The number of nitrogens with two attached hydrogens (primary N) is 1. The Bertz CT molecular complexity index is 478. The highest BCUT2D eigenvalue weighted by molar-refractivity contribution is 5.39. The van der Waals surface area contributed by atoms with Gasteiger partial charge in [-0.05, 0) is 32.4 Å². The fraction of sp³-hybridized carbons (Fsp3) is 0.667. The molecule has 4 heteroatoms. The van der Waals surface area contributed by atoms with Crippen LogP contribution in [0, 0.1) is 6.92 Å². The number of piperidine rings is 1. The highest BCUT2D eigenvalue weighted by Crippen LogP contribution is 2.46. The molecule has 1 aromatic heterocycles. The van der Waals surface area contributed by atoms with Crippen molar-refractivity contribution in [1.82, 2.24) is 9.88 Å². The van der Waals surface area contributed by atoms with E-state index in [1.165, 1.54) is 0 Å². The quantitative estimate of drug-likeness (QED) is 0.840. The highest BCUT2D eigenvalue weighted by Gasteiger charge is 2.49. The second-order valence-corrected chi connectivity index (χ2v) is 6.18. The molecule has 2 aliphatic heterocycles. The van der Waals surface area contributed by atoms with Gasteiger partial charge in [0.1, 0.15) is 5.60 Å². The molecular weight excluding hydrogens is 238 g/mol. The summed E-state index contributed by atoms with van der Waals surface area (Å²) in [4.78, 5) is 6.89. The summed E-state index contributed by atoms with van der Waals surface area (Å²) < 4.78 is 6.17. The monoisotopic (exact) mass is 261 g/mol. The van der Waals surface area contributed by atoms with E-state index < -0.39 is 0 Å². The average molecular weight is 261 g/mol. The van der Waals surface area contributed by atoms with Crippen LogP contribution in [0.4, 0.5) is 0 Å². The molecule has 3 heterocycles. The van der Waals surface area contributed by atoms with E-state index in [0.29, 0.717) is 6.04 Å². The molecule has 0 unspecified atom stereocenters. The molecule has 0 bridgehead atoms. The lowest BCUT2D eigenvalue weighted by Crippen LogP contribution is -2.52. The number of pyridine rings is 1. The van der Waals surface area contributed by atoms with Crippen LogP contribution in [0.15, 0.2) is 12.3 Å². The van der Waals surface area contributed by atoms with E-state index in [2.05, 4.69) is 29.8 Å². The fourth-order valence-corrected chi connectivity index (χ4v) is 3.26. The van der Waals surface area contributed by atoms with Crippen LogP contribution in [0.2, 0.25) is 0 Å². The molecule has 3 rings (SSSR count). The van der Waals surface area contributed by atoms with Gasteiger partial charge in [0.05, 0.1) is 6.04 Å². The molecule has 0 saturated carbocycles. The smallest absolute Gasteiger partial charge is 0.218 e. The van der Waals surface area contributed by atoms with Crippen LogP contribution in [0.3, 0.4) is 0 Å². The van der Waals surface area contributed by atoms with Gasteiger partial charge in [-0.2, -0.15) is 0 Å². The maximum atomic E-state index is 6.46. The van der Waals surface area contributed by atoms with Gasteiger partial charge in [-0.15, -0.1) is 0 Å². The first-order chi connectivity index (χ1) is 9.02. The van der Waals surface area contributed by atoms with Gasteiger partial charge >= 0.3 is 0 Å². The SMILES string of the molecule is Cc1cnc2c(c1)[C@@H](N)C1(CCN(C(C)C)CC1)O2. The largest absolute Gasteiger partial charge is 0.469 e. The molecule has 0 amide bonds. The molecule has 2 N–H and O–H groups in total. The zero-order chi connectivity index (χ0) is 13.6. The summed E-state index contributed by atoms with van der Waals surface area (Å²) >= 11 is 0. The number of likely N-dealkylation sites (tertiary alicyclic amines) is 1. The maximum Gasteiger partial charge on any atom is 0.218 e. The number of aromatic nitrogens is 1. The van der Waals surface area contributed by atoms with Crippen molar-refractivity contribution in [3.05, 3.63) is 23.4 Å². The molecule has 1 saturated heterocycles. The summed E-state index contributed by atoms with van der Waals surface area (Å²) in [6.07, 6.45) is 3.83. The lowest BCUT2D eigenvalue weighted by Gasteiger charge is -2.42. The van der Waals surface area contributed by atoms with Gasteiger partial charge < -0.3 is 15.4 Å². The van der Waals surface area contributed by atoms with Gasteiger partial charge in [0, 0.05) is 43.7 Å². The summed E-state index contributed by atoms with van der Waals surface area (Å²) in [6, 6.07) is 2.68. The van der Waals surface area contributed by atoms with Crippen LogP contribution in [0.25, 0.3) is 0 Å². The lowest BCUT2D eigenvalue weighted by molar-refractivity contribution is -0.00910. The van der Waals surface area contributed by atoms with E-state index in [9.17, 15) is 0 Å². The van der Waals surface area contributed by atoms with Gasteiger partial charge in [0.25, 0.3) is 0 Å². The second kappa shape index (κ2) is 4.46. The number of rotatable bonds is 1. The molecular formula is C15H23N3O. The average Bonchev–Trinajstić information content (AvgIpc) is 2.64. The third-order valence-corrected chi connectivity index (χ3v) is 4.59. The Kier molecular flexibility index (Phi) is 3.02. The van der Waals surface area contributed by atoms with Crippen molar-refractivity contribution in [2.45, 2.75) is 51.3 Å². The van der Waals surface area contributed by atoms with Gasteiger partial charge in [0.15, 0.2) is 0 Å². The predicted molar refractivity (Wildman–Crippen MR) is 75.2 cm³/mol. The summed E-state index contributed by atoms with van der Waals surface area (Å²) in [6.45, 7) is 8.64. The van der Waals surface area contributed by atoms with Crippen molar-refractivity contribution in [3.63, 3.8) is 0 Å². The van der Waals surface area contributed by atoms with Crippen molar-refractivity contribution in [2.75, 3.05) is 13.1 Å². The van der Waals surface area contributed by atoms with Crippen LogP contribution in [-0.4, -0.2) is 34.6 Å². The Morgan fingerprint density at radius 1 is 1.42 bits per heavy atom. The third-order valence-electron chi connectivity index (χ3n) is 4.59. The van der Waals surface area contributed by atoms with Crippen molar-refractivity contribution in [1.29, 1.82) is 0 Å². The van der Waals surface area contributed by atoms with E-state index in [1.54, 1.807) is 0 Å². The maximum absolute atomic E-state index is 6.46. The number of aryl methyl sites for hydroxylation is 1. The highest BCUT2D eigenvalue weighted by atomic mass is 16.5. The summed E-state index contributed by atoms with van der Waals surface area (Å²) in [5, 5.41) is 0. The van der Waals surface area contributed by atoms with Crippen molar-refractivity contribution < 1.29 is 4.74 Å². The minimum absolute atomic E-state index is 0.0378. The van der Waals surface area contributed by atoms with E-state index in [4.69, 9.17) is 10.5 Å². The van der Waals surface area contributed by atoms with Gasteiger partial charge in [-0.1, -0.05) is 0 Å². The van der Waals surface area contributed by atoms with E-state index in [0.717, 1.165) is 42.9 Å². The van der Waals surface area contributed by atoms with Gasteiger partial charge in [-0.25, -0.2) is 4.98 Å². The topological polar surface area (TPSA) is 51.4 Å². The van der Waals surface area contributed by atoms with Crippen LogP contribution >= 0.6 is 0 Å².